The summed E-state index contributed by atoms with van der Waals surface area (Å²) in [6.07, 6.45) is 3.63. The van der Waals surface area contributed by atoms with Crippen LogP contribution in [-0.4, -0.2) is 35.2 Å². The van der Waals surface area contributed by atoms with E-state index in [2.05, 4.69) is 16.8 Å². The van der Waals surface area contributed by atoms with E-state index in [0.717, 1.165) is 0 Å². The lowest BCUT2D eigenvalue weighted by molar-refractivity contribution is -0.117. The molecule has 1 aromatic rings. The van der Waals surface area contributed by atoms with Crippen molar-refractivity contribution in [1.29, 1.82) is 0 Å². The van der Waals surface area contributed by atoms with Crippen LogP contribution in [0.1, 0.15) is 23.8 Å². The van der Waals surface area contributed by atoms with Gasteiger partial charge >= 0.3 is 5.97 Å². The third-order valence-corrected chi connectivity index (χ3v) is 2.88. The maximum absolute atomic E-state index is 11.9. The second-order valence-electron chi connectivity index (χ2n) is 4.05. The molecule has 1 aliphatic heterocycles. The van der Waals surface area contributed by atoms with Gasteiger partial charge in [0, 0.05) is 18.9 Å². The van der Waals surface area contributed by atoms with E-state index in [0.29, 0.717) is 18.7 Å². The minimum atomic E-state index is -0.500. The number of carbonyl (C=O) groups excluding carboxylic acids is 2. The SMILES string of the molecule is C=CC1CC(=O)N(c2cn[nH]c2C(=O)OCC)C1. The number of hydrogen-bond donors (Lipinski definition) is 1. The zero-order valence-corrected chi connectivity index (χ0v) is 10.2. The van der Waals surface area contributed by atoms with Crippen LogP contribution in [0.5, 0.6) is 0 Å². The van der Waals surface area contributed by atoms with Crippen LogP contribution in [0.4, 0.5) is 5.69 Å². The number of aromatic amines is 1. The lowest BCUT2D eigenvalue weighted by Gasteiger charge is -2.15. The molecular formula is C12H15N3O3. The number of anilines is 1. The number of rotatable bonds is 4. The molecule has 0 aliphatic carbocycles. The van der Waals surface area contributed by atoms with Crippen molar-refractivity contribution < 1.29 is 14.3 Å². The summed E-state index contributed by atoms with van der Waals surface area (Å²) in [5.41, 5.74) is 0.692. The van der Waals surface area contributed by atoms with Crippen molar-refractivity contribution >= 4 is 17.6 Å². The minimum Gasteiger partial charge on any atom is -0.461 e. The van der Waals surface area contributed by atoms with Gasteiger partial charge in [-0.2, -0.15) is 5.10 Å². The Morgan fingerprint density at radius 1 is 1.78 bits per heavy atom. The van der Waals surface area contributed by atoms with E-state index in [1.807, 2.05) is 0 Å². The summed E-state index contributed by atoms with van der Waals surface area (Å²) in [5, 5.41) is 6.39. The molecule has 0 bridgehead atoms. The maximum Gasteiger partial charge on any atom is 0.358 e. The summed E-state index contributed by atoms with van der Waals surface area (Å²) in [5.74, 6) is -0.422. The summed E-state index contributed by atoms with van der Waals surface area (Å²) in [7, 11) is 0. The average molecular weight is 249 g/mol. The van der Waals surface area contributed by atoms with Crippen molar-refractivity contribution in [3.63, 3.8) is 0 Å². The van der Waals surface area contributed by atoms with Crippen LogP contribution in [0.3, 0.4) is 0 Å². The number of nitrogens with zero attached hydrogens (tertiary/aromatic N) is 2. The first-order chi connectivity index (χ1) is 8.67. The molecule has 6 heteroatoms. The number of hydrogen-bond acceptors (Lipinski definition) is 4. The molecule has 1 N–H and O–H groups in total. The number of carbonyl (C=O) groups is 2. The molecule has 1 atom stereocenters. The van der Waals surface area contributed by atoms with Crippen LogP contribution in [0.15, 0.2) is 18.9 Å². The normalized spacial score (nSPS) is 19.1. The molecule has 18 heavy (non-hydrogen) atoms. The zero-order valence-electron chi connectivity index (χ0n) is 10.2. The van der Waals surface area contributed by atoms with Gasteiger partial charge in [0.15, 0.2) is 5.69 Å². The van der Waals surface area contributed by atoms with Crippen LogP contribution in [-0.2, 0) is 9.53 Å². The van der Waals surface area contributed by atoms with Gasteiger partial charge in [0.25, 0.3) is 0 Å². The molecule has 1 aliphatic rings. The molecule has 1 saturated heterocycles. The average Bonchev–Trinajstić information content (AvgIpc) is 2.94. The van der Waals surface area contributed by atoms with E-state index < -0.39 is 5.97 Å². The van der Waals surface area contributed by atoms with Crippen LogP contribution in [0, 0.1) is 5.92 Å². The number of aromatic nitrogens is 2. The third kappa shape index (κ3) is 2.13. The Morgan fingerprint density at radius 3 is 3.17 bits per heavy atom. The smallest absolute Gasteiger partial charge is 0.358 e. The standard InChI is InChI=1S/C12H15N3O3/c1-3-8-5-10(16)15(7-8)9-6-13-14-11(9)12(17)18-4-2/h3,6,8H,1,4-5,7H2,2H3,(H,13,14). The van der Waals surface area contributed by atoms with Gasteiger partial charge in [-0.3, -0.25) is 9.89 Å². The molecule has 0 aromatic carbocycles. The Bertz CT molecular complexity index is 481. The molecule has 2 heterocycles. The van der Waals surface area contributed by atoms with Crippen molar-refractivity contribution in [3.8, 4) is 0 Å². The van der Waals surface area contributed by atoms with E-state index in [9.17, 15) is 9.59 Å². The number of ether oxygens (including phenoxy) is 1. The van der Waals surface area contributed by atoms with Gasteiger partial charge in [-0.1, -0.05) is 6.08 Å². The van der Waals surface area contributed by atoms with Crippen molar-refractivity contribution in [1.82, 2.24) is 10.2 Å². The highest BCUT2D eigenvalue weighted by molar-refractivity contribution is 6.02. The van der Waals surface area contributed by atoms with Gasteiger partial charge in [-0.15, -0.1) is 6.58 Å². The van der Waals surface area contributed by atoms with E-state index in [1.165, 1.54) is 6.20 Å². The molecule has 96 valence electrons. The second-order valence-corrected chi connectivity index (χ2v) is 4.05. The van der Waals surface area contributed by atoms with Crippen LogP contribution < -0.4 is 4.90 Å². The molecule has 1 fully saturated rings. The van der Waals surface area contributed by atoms with E-state index in [4.69, 9.17) is 4.74 Å². The number of nitrogens with one attached hydrogen (secondary N) is 1. The van der Waals surface area contributed by atoms with Gasteiger partial charge in [-0.25, -0.2) is 4.79 Å². The minimum absolute atomic E-state index is 0.0353. The highest BCUT2D eigenvalue weighted by Gasteiger charge is 2.32. The highest BCUT2D eigenvalue weighted by atomic mass is 16.5. The maximum atomic E-state index is 11.9. The Labute approximate surface area is 105 Å². The Balaban J connectivity index is 2.24. The first-order valence-corrected chi connectivity index (χ1v) is 5.80. The largest absolute Gasteiger partial charge is 0.461 e. The highest BCUT2D eigenvalue weighted by Crippen LogP contribution is 2.27. The Morgan fingerprint density at radius 2 is 2.56 bits per heavy atom. The van der Waals surface area contributed by atoms with Crippen molar-refractivity contribution in [2.24, 2.45) is 5.92 Å². The van der Waals surface area contributed by atoms with Gasteiger partial charge in [0.1, 0.15) is 0 Å². The first-order valence-electron chi connectivity index (χ1n) is 5.80. The predicted molar refractivity (Wildman–Crippen MR) is 65.2 cm³/mol. The van der Waals surface area contributed by atoms with Gasteiger partial charge < -0.3 is 9.64 Å². The molecule has 0 radical (unpaired) electrons. The summed E-state index contributed by atoms with van der Waals surface area (Å²) in [6.45, 7) is 6.21. The third-order valence-electron chi connectivity index (χ3n) is 2.88. The molecule has 1 unspecified atom stereocenters. The van der Waals surface area contributed by atoms with E-state index in [1.54, 1.807) is 17.9 Å². The topological polar surface area (TPSA) is 75.3 Å². The summed E-state index contributed by atoms with van der Waals surface area (Å²) < 4.78 is 4.91. The fraction of sp³-hybridized carbons (Fsp3) is 0.417. The lowest BCUT2D eigenvalue weighted by atomic mass is 10.1. The molecule has 6 nitrogen and oxygen atoms in total. The zero-order chi connectivity index (χ0) is 13.1. The van der Waals surface area contributed by atoms with Crippen molar-refractivity contribution in [2.75, 3.05) is 18.1 Å². The van der Waals surface area contributed by atoms with Crippen molar-refractivity contribution in [2.45, 2.75) is 13.3 Å². The van der Waals surface area contributed by atoms with Crippen LogP contribution in [0.2, 0.25) is 0 Å². The molecule has 0 saturated carbocycles. The molecule has 1 aromatic heterocycles. The number of amides is 1. The molecule has 1 amide bonds. The number of esters is 1. The predicted octanol–water partition coefficient (Wildman–Crippen LogP) is 1.13. The van der Waals surface area contributed by atoms with Crippen LogP contribution in [0.25, 0.3) is 0 Å². The van der Waals surface area contributed by atoms with Gasteiger partial charge in [0.2, 0.25) is 5.91 Å². The Kier molecular flexibility index (Phi) is 3.45. The van der Waals surface area contributed by atoms with E-state index in [-0.39, 0.29) is 24.1 Å². The molecule has 2 rings (SSSR count). The van der Waals surface area contributed by atoms with Gasteiger partial charge in [-0.05, 0) is 6.92 Å². The summed E-state index contributed by atoms with van der Waals surface area (Å²) in [6, 6.07) is 0. The van der Waals surface area contributed by atoms with E-state index >= 15 is 0 Å². The lowest BCUT2D eigenvalue weighted by Crippen LogP contribution is -2.26. The fourth-order valence-corrected chi connectivity index (χ4v) is 1.96. The molecular weight excluding hydrogens is 234 g/mol. The quantitative estimate of drug-likeness (QED) is 0.641. The van der Waals surface area contributed by atoms with Crippen molar-refractivity contribution in [3.05, 3.63) is 24.5 Å². The van der Waals surface area contributed by atoms with Gasteiger partial charge in [0.05, 0.1) is 18.5 Å². The summed E-state index contributed by atoms with van der Waals surface area (Å²) >= 11 is 0. The Hall–Kier alpha value is -2.11. The second kappa shape index (κ2) is 5.03. The number of H-pyrrole nitrogens is 1. The van der Waals surface area contributed by atoms with Crippen LogP contribution >= 0.6 is 0 Å². The fourth-order valence-electron chi connectivity index (χ4n) is 1.96. The molecule has 0 spiro atoms. The first kappa shape index (κ1) is 12.3. The monoisotopic (exact) mass is 249 g/mol. The summed E-state index contributed by atoms with van der Waals surface area (Å²) in [4.78, 5) is 25.1.